The van der Waals surface area contributed by atoms with Gasteiger partial charge in [0, 0.05) is 18.3 Å². The Labute approximate surface area is 118 Å². The maximum Gasteiger partial charge on any atom is 0.251 e. The number of nitrogens with one attached hydrogen (secondary N) is 2. The summed E-state index contributed by atoms with van der Waals surface area (Å²) in [5, 5.41) is 5.81. The van der Waals surface area contributed by atoms with E-state index < -0.39 is 0 Å². The van der Waals surface area contributed by atoms with Gasteiger partial charge in [-0.2, -0.15) is 0 Å². The molecule has 2 heterocycles. The summed E-state index contributed by atoms with van der Waals surface area (Å²) in [7, 11) is 1.79. The first-order valence-corrected chi connectivity index (χ1v) is 6.72. The standard InChI is InChI=1S/C15H19N3O2/c1-3-5-12-8-11(9-14(16-2)18-12)15(19)17-10-13-6-4-7-20-13/h4,6-9H,3,5,10H2,1-2H3,(H,16,18)(H,17,19). The number of anilines is 1. The molecule has 0 fully saturated rings. The molecule has 2 aromatic heterocycles. The molecular weight excluding hydrogens is 254 g/mol. The highest BCUT2D eigenvalue weighted by molar-refractivity contribution is 5.94. The Kier molecular flexibility index (Phi) is 4.76. The average molecular weight is 273 g/mol. The van der Waals surface area contributed by atoms with E-state index in [2.05, 4.69) is 22.5 Å². The third-order valence-electron chi connectivity index (χ3n) is 2.91. The van der Waals surface area contributed by atoms with Crippen molar-refractivity contribution in [3.63, 3.8) is 0 Å². The Balaban J connectivity index is 2.09. The predicted molar refractivity (Wildman–Crippen MR) is 77.7 cm³/mol. The number of aromatic nitrogens is 1. The lowest BCUT2D eigenvalue weighted by Crippen LogP contribution is -2.23. The number of carbonyl (C=O) groups is 1. The number of carbonyl (C=O) groups excluding carboxylic acids is 1. The van der Waals surface area contributed by atoms with Crippen molar-refractivity contribution >= 4 is 11.7 Å². The van der Waals surface area contributed by atoms with Crippen LogP contribution >= 0.6 is 0 Å². The molecule has 2 aromatic rings. The van der Waals surface area contributed by atoms with Crippen LogP contribution in [-0.4, -0.2) is 17.9 Å². The fraction of sp³-hybridized carbons (Fsp3) is 0.333. The van der Waals surface area contributed by atoms with Crippen molar-refractivity contribution < 1.29 is 9.21 Å². The summed E-state index contributed by atoms with van der Waals surface area (Å²) >= 11 is 0. The van der Waals surface area contributed by atoms with Crippen molar-refractivity contribution in [2.24, 2.45) is 0 Å². The molecule has 0 unspecified atom stereocenters. The monoisotopic (exact) mass is 273 g/mol. The van der Waals surface area contributed by atoms with E-state index in [1.807, 2.05) is 12.1 Å². The molecule has 0 spiro atoms. The molecule has 2 N–H and O–H groups in total. The quantitative estimate of drug-likeness (QED) is 0.849. The zero-order valence-electron chi connectivity index (χ0n) is 11.8. The smallest absolute Gasteiger partial charge is 0.251 e. The van der Waals surface area contributed by atoms with Gasteiger partial charge in [-0.1, -0.05) is 13.3 Å². The minimum atomic E-state index is -0.127. The van der Waals surface area contributed by atoms with Crippen molar-refractivity contribution in [1.29, 1.82) is 0 Å². The third kappa shape index (κ3) is 3.60. The fourth-order valence-electron chi connectivity index (χ4n) is 1.91. The van der Waals surface area contributed by atoms with Crippen molar-refractivity contribution in [3.05, 3.63) is 47.5 Å². The van der Waals surface area contributed by atoms with Crippen LogP contribution in [0.1, 0.15) is 35.2 Å². The maximum atomic E-state index is 12.2. The average Bonchev–Trinajstić information content (AvgIpc) is 2.98. The highest BCUT2D eigenvalue weighted by Gasteiger charge is 2.09. The van der Waals surface area contributed by atoms with Crippen LogP contribution in [0.4, 0.5) is 5.82 Å². The van der Waals surface area contributed by atoms with Gasteiger partial charge < -0.3 is 15.1 Å². The molecule has 0 radical (unpaired) electrons. The second-order valence-corrected chi connectivity index (χ2v) is 4.49. The first-order valence-electron chi connectivity index (χ1n) is 6.72. The number of amides is 1. The zero-order chi connectivity index (χ0) is 14.4. The predicted octanol–water partition coefficient (Wildman–Crippen LogP) is 2.60. The summed E-state index contributed by atoms with van der Waals surface area (Å²) < 4.78 is 5.19. The molecule has 0 aliphatic rings. The van der Waals surface area contributed by atoms with E-state index in [4.69, 9.17) is 4.42 Å². The molecule has 5 nitrogen and oxygen atoms in total. The molecule has 0 saturated carbocycles. The molecular formula is C15H19N3O2. The van der Waals surface area contributed by atoms with Crippen LogP contribution in [0.15, 0.2) is 34.9 Å². The van der Waals surface area contributed by atoms with Crippen LogP contribution in [-0.2, 0) is 13.0 Å². The molecule has 0 aliphatic heterocycles. The first-order chi connectivity index (χ1) is 9.72. The fourth-order valence-corrected chi connectivity index (χ4v) is 1.91. The van der Waals surface area contributed by atoms with E-state index in [0.29, 0.717) is 17.9 Å². The van der Waals surface area contributed by atoms with Gasteiger partial charge in [0.1, 0.15) is 11.6 Å². The largest absolute Gasteiger partial charge is 0.467 e. The summed E-state index contributed by atoms with van der Waals surface area (Å²) in [6.07, 6.45) is 3.44. The Morgan fingerprint density at radius 3 is 2.90 bits per heavy atom. The second-order valence-electron chi connectivity index (χ2n) is 4.49. The first kappa shape index (κ1) is 14.1. The summed E-state index contributed by atoms with van der Waals surface area (Å²) in [5.41, 5.74) is 1.53. The minimum Gasteiger partial charge on any atom is -0.467 e. The molecule has 1 amide bonds. The Morgan fingerprint density at radius 1 is 1.40 bits per heavy atom. The van der Waals surface area contributed by atoms with Gasteiger partial charge >= 0.3 is 0 Å². The summed E-state index contributed by atoms with van der Waals surface area (Å²) in [4.78, 5) is 16.6. The third-order valence-corrected chi connectivity index (χ3v) is 2.91. The number of aryl methyl sites for hydroxylation is 1. The zero-order valence-corrected chi connectivity index (χ0v) is 11.8. The normalized spacial score (nSPS) is 10.3. The molecule has 0 bridgehead atoms. The molecule has 5 heteroatoms. The van der Waals surface area contributed by atoms with Crippen molar-refractivity contribution in [2.75, 3.05) is 12.4 Å². The molecule has 106 valence electrons. The van der Waals surface area contributed by atoms with E-state index in [1.165, 1.54) is 0 Å². The van der Waals surface area contributed by atoms with Crippen LogP contribution < -0.4 is 10.6 Å². The highest BCUT2D eigenvalue weighted by atomic mass is 16.3. The van der Waals surface area contributed by atoms with E-state index in [1.54, 1.807) is 25.4 Å². The van der Waals surface area contributed by atoms with Crippen molar-refractivity contribution in [3.8, 4) is 0 Å². The van der Waals surface area contributed by atoms with Crippen molar-refractivity contribution in [1.82, 2.24) is 10.3 Å². The van der Waals surface area contributed by atoms with Crippen molar-refractivity contribution in [2.45, 2.75) is 26.3 Å². The van der Waals surface area contributed by atoms with Gasteiger partial charge in [0.05, 0.1) is 12.8 Å². The number of furan rings is 1. The van der Waals surface area contributed by atoms with E-state index in [9.17, 15) is 4.79 Å². The van der Waals surface area contributed by atoms with Gasteiger partial charge in [-0.05, 0) is 30.7 Å². The minimum absolute atomic E-state index is 0.127. The summed E-state index contributed by atoms with van der Waals surface area (Å²) in [6, 6.07) is 7.21. The van der Waals surface area contributed by atoms with E-state index in [-0.39, 0.29) is 5.91 Å². The highest BCUT2D eigenvalue weighted by Crippen LogP contribution is 2.12. The van der Waals surface area contributed by atoms with E-state index >= 15 is 0 Å². The lowest BCUT2D eigenvalue weighted by molar-refractivity contribution is 0.0948. The Morgan fingerprint density at radius 2 is 2.25 bits per heavy atom. The Hall–Kier alpha value is -2.30. The maximum absolute atomic E-state index is 12.2. The molecule has 0 aromatic carbocycles. The number of hydrogen-bond donors (Lipinski definition) is 2. The number of hydrogen-bond acceptors (Lipinski definition) is 4. The summed E-state index contributed by atoms with van der Waals surface area (Å²) in [5.74, 6) is 1.31. The van der Waals surface area contributed by atoms with Crippen LogP contribution in [0.25, 0.3) is 0 Å². The lowest BCUT2D eigenvalue weighted by Gasteiger charge is -2.08. The SMILES string of the molecule is CCCc1cc(C(=O)NCc2ccco2)cc(NC)n1. The number of pyridine rings is 1. The van der Waals surface area contributed by atoms with Gasteiger partial charge in [0.2, 0.25) is 0 Å². The molecule has 0 atom stereocenters. The topological polar surface area (TPSA) is 67.2 Å². The van der Waals surface area contributed by atoms with E-state index in [0.717, 1.165) is 24.3 Å². The van der Waals surface area contributed by atoms with Crippen LogP contribution in [0, 0.1) is 0 Å². The molecule has 2 rings (SSSR count). The van der Waals surface area contributed by atoms with Gasteiger partial charge in [-0.15, -0.1) is 0 Å². The van der Waals surface area contributed by atoms with Gasteiger partial charge in [-0.25, -0.2) is 4.98 Å². The van der Waals surface area contributed by atoms with Gasteiger partial charge in [-0.3, -0.25) is 4.79 Å². The second kappa shape index (κ2) is 6.75. The molecule has 20 heavy (non-hydrogen) atoms. The van der Waals surface area contributed by atoms with Gasteiger partial charge in [0.25, 0.3) is 5.91 Å². The lowest BCUT2D eigenvalue weighted by atomic mass is 10.1. The van der Waals surface area contributed by atoms with Crippen LogP contribution in [0.2, 0.25) is 0 Å². The summed E-state index contributed by atoms with van der Waals surface area (Å²) in [6.45, 7) is 2.47. The Bertz CT molecular complexity index is 565. The molecule has 0 aliphatic carbocycles. The van der Waals surface area contributed by atoms with Crippen LogP contribution in [0.5, 0.6) is 0 Å². The number of nitrogens with zero attached hydrogens (tertiary/aromatic N) is 1. The number of rotatable bonds is 6. The molecule has 0 saturated heterocycles. The van der Waals surface area contributed by atoms with Crippen LogP contribution in [0.3, 0.4) is 0 Å². The van der Waals surface area contributed by atoms with Gasteiger partial charge in [0.15, 0.2) is 0 Å².